The van der Waals surface area contributed by atoms with E-state index >= 15 is 0 Å². The van der Waals surface area contributed by atoms with E-state index in [1.807, 2.05) is 0 Å². The molecule has 29 heavy (non-hydrogen) atoms. The zero-order chi connectivity index (χ0) is 21.0. The molecule has 3 aromatic rings. The van der Waals surface area contributed by atoms with Crippen LogP contribution in [0.25, 0.3) is 11.3 Å². The topological polar surface area (TPSA) is 81.2 Å². The lowest BCUT2D eigenvalue weighted by Crippen LogP contribution is -2.13. The lowest BCUT2D eigenvalue weighted by Gasteiger charge is -2.10. The van der Waals surface area contributed by atoms with Crippen molar-refractivity contribution < 1.29 is 13.2 Å². The first-order valence-corrected chi connectivity index (χ1v) is 11.0. The molecule has 0 aliphatic rings. The lowest BCUT2D eigenvalue weighted by atomic mass is 10.1. The van der Waals surface area contributed by atoms with E-state index in [1.165, 1.54) is 18.2 Å². The number of anilines is 1. The average molecular weight is 452 g/mol. The fraction of sp³-hybridized carbons (Fsp3) is 0.200. The molecule has 0 fully saturated rings. The Labute approximate surface area is 179 Å². The van der Waals surface area contributed by atoms with Gasteiger partial charge < -0.3 is 4.74 Å². The minimum atomic E-state index is -3.87. The predicted octanol–water partition coefficient (Wildman–Crippen LogP) is 5.29. The predicted molar refractivity (Wildman–Crippen MR) is 115 cm³/mol. The van der Waals surface area contributed by atoms with Gasteiger partial charge in [-0.2, -0.15) is 0 Å². The summed E-state index contributed by atoms with van der Waals surface area (Å²) in [5.41, 5.74) is 1.82. The Morgan fingerprint density at radius 1 is 1.00 bits per heavy atom. The highest BCUT2D eigenvalue weighted by molar-refractivity contribution is 7.92. The molecule has 0 bridgehead atoms. The second-order valence-electron chi connectivity index (χ2n) is 6.72. The van der Waals surface area contributed by atoms with E-state index in [4.69, 9.17) is 27.9 Å². The molecule has 0 unspecified atom stereocenters. The summed E-state index contributed by atoms with van der Waals surface area (Å²) < 4.78 is 33.2. The monoisotopic (exact) mass is 451 g/mol. The molecule has 0 amide bonds. The van der Waals surface area contributed by atoms with E-state index in [-0.39, 0.29) is 14.9 Å². The van der Waals surface area contributed by atoms with Gasteiger partial charge in [0.05, 0.1) is 17.3 Å². The van der Waals surface area contributed by atoms with Crippen molar-refractivity contribution in [2.24, 2.45) is 5.92 Å². The molecule has 1 heterocycles. The fourth-order valence-corrected chi connectivity index (χ4v) is 4.23. The number of hydrogen-bond donors (Lipinski definition) is 1. The van der Waals surface area contributed by atoms with Crippen molar-refractivity contribution in [3.05, 3.63) is 64.6 Å². The number of aromatic nitrogens is 2. The molecule has 3 rings (SSSR count). The van der Waals surface area contributed by atoms with Crippen molar-refractivity contribution in [2.45, 2.75) is 18.7 Å². The van der Waals surface area contributed by atoms with E-state index < -0.39 is 10.0 Å². The third-order valence-electron chi connectivity index (χ3n) is 3.82. The maximum atomic E-state index is 12.6. The number of halogens is 2. The SMILES string of the molecule is CC(C)COc1ccc(-c2ccc(NS(=O)(=O)c3cc(Cl)ccc3Cl)cc2)nn1. The minimum Gasteiger partial charge on any atom is -0.476 e. The number of nitrogens with one attached hydrogen (secondary N) is 1. The summed E-state index contributed by atoms with van der Waals surface area (Å²) in [7, 11) is -3.87. The molecule has 0 saturated heterocycles. The van der Waals surface area contributed by atoms with Crippen LogP contribution in [0.3, 0.4) is 0 Å². The van der Waals surface area contributed by atoms with Gasteiger partial charge in [-0.05, 0) is 42.3 Å². The molecule has 1 aromatic heterocycles. The number of sulfonamides is 1. The van der Waals surface area contributed by atoms with Gasteiger partial charge in [0.1, 0.15) is 4.90 Å². The molecule has 0 aliphatic carbocycles. The summed E-state index contributed by atoms with van der Waals surface area (Å²) in [4.78, 5) is -0.0846. The summed E-state index contributed by atoms with van der Waals surface area (Å²) in [6, 6.07) is 14.6. The van der Waals surface area contributed by atoms with Gasteiger partial charge in [-0.15, -0.1) is 10.2 Å². The summed E-state index contributed by atoms with van der Waals surface area (Å²) in [5, 5.41) is 8.58. The van der Waals surface area contributed by atoms with E-state index in [0.29, 0.717) is 29.8 Å². The standard InChI is InChI=1S/C20H19Cl2N3O3S/c1-13(2)12-28-20-10-9-18(23-24-20)14-3-6-16(7-4-14)25-29(26,27)19-11-15(21)5-8-17(19)22/h3-11,13,25H,12H2,1-2H3. The molecular weight excluding hydrogens is 433 g/mol. The average Bonchev–Trinajstić information content (AvgIpc) is 2.69. The van der Waals surface area contributed by atoms with Crippen LogP contribution < -0.4 is 9.46 Å². The van der Waals surface area contributed by atoms with Crippen molar-refractivity contribution in [2.75, 3.05) is 11.3 Å². The van der Waals surface area contributed by atoms with Crippen LogP contribution in [-0.4, -0.2) is 25.2 Å². The van der Waals surface area contributed by atoms with Gasteiger partial charge in [-0.25, -0.2) is 8.42 Å². The van der Waals surface area contributed by atoms with Crippen LogP contribution in [0.4, 0.5) is 5.69 Å². The second-order valence-corrected chi connectivity index (χ2v) is 9.21. The lowest BCUT2D eigenvalue weighted by molar-refractivity contribution is 0.258. The summed E-state index contributed by atoms with van der Waals surface area (Å²) >= 11 is 11.9. The van der Waals surface area contributed by atoms with Gasteiger partial charge in [-0.3, -0.25) is 4.72 Å². The molecular formula is C20H19Cl2N3O3S. The smallest absolute Gasteiger partial charge is 0.263 e. The molecule has 0 aliphatic heterocycles. The first-order chi connectivity index (χ1) is 13.7. The summed E-state index contributed by atoms with van der Waals surface area (Å²) in [5.74, 6) is 0.861. The molecule has 9 heteroatoms. The zero-order valence-electron chi connectivity index (χ0n) is 15.8. The van der Waals surface area contributed by atoms with Crippen LogP contribution in [0.5, 0.6) is 5.88 Å². The Hall–Kier alpha value is -2.35. The molecule has 6 nitrogen and oxygen atoms in total. The van der Waals surface area contributed by atoms with Crippen LogP contribution in [0.1, 0.15) is 13.8 Å². The van der Waals surface area contributed by atoms with Crippen LogP contribution in [0.15, 0.2) is 59.5 Å². The summed E-state index contributed by atoms with van der Waals surface area (Å²) in [6.07, 6.45) is 0. The van der Waals surface area contributed by atoms with Gasteiger partial charge in [-0.1, -0.05) is 49.2 Å². The number of hydrogen-bond acceptors (Lipinski definition) is 5. The van der Waals surface area contributed by atoms with Gasteiger partial charge >= 0.3 is 0 Å². The minimum absolute atomic E-state index is 0.0846. The summed E-state index contributed by atoms with van der Waals surface area (Å²) in [6.45, 7) is 4.68. The second kappa shape index (κ2) is 8.98. The molecule has 0 saturated carbocycles. The molecule has 152 valence electrons. The maximum Gasteiger partial charge on any atom is 0.263 e. The highest BCUT2D eigenvalue weighted by atomic mass is 35.5. The van der Waals surface area contributed by atoms with Crippen molar-refractivity contribution in [3.8, 4) is 17.1 Å². The largest absolute Gasteiger partial charge is 0.476 e. The Morgan fingerprint density at radius 2 is 1.72 bits per heavy atom. The molecule has 0 radical (unpaired) electrons. The fourth-order valence-electron chi connectivity index (χ4n) is 2.41. The van der Waals surface area contributed by atoms with E-state index in [0.717, 1.165) is 5.56 Å². The van der Waals surface area contributed by atoms with Crippen molar-refractivity contribution in [1.29, 1.82) is 0 Å². The first-order valence-electron chi connectivity index (χ1n) is 8.79. The van der Waals surface area contributed by atoms with E-state index in [1.54, 1.807) is 36.4 Å². The van der Waals surface area contributed by atoms with Crippen LogP contribution in [-0.2, 0) is 10.0 Å². The molecule has 0 atom stereocenters. The van der Waals surface area contributed by atoms with Crippen molar-refractivity contribution >= 4 is 38.9 Å². The Morgan fingerprint density at radius 3 is 2.34 bits per heavy atom. The van der Waals surface area contributed by atoms with E-state index in [9.17, 15) is 8.42 Å². The van der Waals surface area contributed by atoms with Gasteiger partial charge in [0.15, 0.2) is 0 Å². The van der Waals surface area contributed by atoms with Crippen LogP contribution in [0.2, 0.25) is 10.0 Å². The molecule has 1 N–H and O–H groups in total. The molecule has 2 aromatic carbocycles. The van der Waals surface area contributed by atoms with Crippen LogP contribution in [0, 0.1) is 5.92 Å². The van der Waals surface area contributed by atoms with Gasteiger partial charge in [0.25, 0.3) is 10.0 Å². The highest BCUT2D eigenvalue weighted by Crippen LogP contribution is 2.27. The van der Waals surface area contributed by atoms with Gasteiger partial charge in [0, 0.05) is 22.3 Å². The molecule has 0 spiro atoms. The quantitative estimate of drug-likeness (QED) is 0.527. The normalized spacial score (nSPS) is 11.5. The maximum absolute atomic E-state index is 12.6. The Bertz CT molecular complexity index is 1090. The Balaban J connectivity index is 1.74. The van der Waals surface area contributed by atoms with Crippen LogP contribution >= 0.6 is 23.2 Å². The number of benzene rings is 2. The first kappa shape index (κ1) is 21.4. The highest BCUT2D eigenvalue weighted by Gasteiger charge is 2.18. The third kappa shape index (κ3) is 5.59. The number of rotatable bonds is 7. The number of ether oxygens (including phenoxy) is 1. The zero-order valence-corrected chi connectivity index (χ0v) is 18.1. The Kier molecular flexibility index (Phi) is 6.62. The van der Waals surface area contributed by atoms with Gasteiger partial charge in [0.2, 0.25) is 5.88 Å². The third-order valence-corrected chi connectivity index (χ3v) is 5.92. The number of nitrogens with zero attached hydrogens (tertiary/aromatic N) is 2. The van der Waals surface area contributed by atoms with Crippen molar-refractivity contribution in [1.82, 2.24) is 10.2 Å². The van der Waals surface area contributed by atoms with E-state index in [2.05, 4.69) is 28.8 Å². The van der Waals surface area contributed by atoms with Crippen molar-refractivity contribution in [3.63, 3.8) is 0 Å².